The minimum atomic E-state index is -4.23. The lowest BCUT2D eigenvalue weighted by Crippen LogP contribution is -2.52. The van der Waals surface area contributed by atoms with Crippen LogP contribution < -0.4 is 30.7 Å². The number of aromatic nitrogens is 2. The molecule has 318 valence electrons. The number of nitrogens with one attached hydrogen (secondary N) is 5. The van der Waals surface area contributed by atoms with E-state index in [-0.39, 0.29) is 88.6 Å². The number of nitriles is 1. The zero-order valence-electron chi connectivity index (χ0n) is 32.7. The summed E-state index contributed by atoms with van der Waals surface area (Å²) < 4.78 is 33.8. The fourth-order valence-corrected chi connectivity index (χ4v) is 8.08. The second-order valence-corrected chi connectivity index (χ2v) is 16.3. The molecule has 6 rings (SSSR count). The van der Waals surface area contributed by atoms with E-state index < -0.39 is 32.8 Å². The molecule has 5 amide bonds. The normalized spacial score (nSPS) is 14.7. The molecule has 22 heteroatoms. The number of rotatable bonds is 16. The van der Waals surface area contributed by atoms with Crippen molar-refractivity contribution >= 4 is 79.2 Å². The number of hydrogen-bond donors (Lipinski definition) is 5. The van der Waals surface area contributed by atoms with E-state index in [0.29, 0.717) is 29.8 Å². The summed E-state index contributed by atoms with van der Waals surface area (Å²) in [7, 11) is -2.96. The summed E-state index contributed by atoms with van der Waals surface area (Å²) in [6.45, 7) is 0.793. The van der Waals surface area contributed by atoms with E-state index in [2.05, 4.69) is 47.8 Å². The predicted molar refractivity (Wildman–Crippen MR) is 224 cm³/mol. The predicted octanol–water partition coefficient (Wildman–Crippen LogP) is 3.31. The molecule has 2 aromatic heterocycles. The summed E-state index contributed by atoms with van der Waals surface area (Å²) in [5, 5.41) is 31.0. The second-order valence-electron chi connectivity index (χ2n) is 13.5. The smallest absolute Gasteiger partial charge is 0.324 e. The van der Waals surface area contributed by atoms with Crippen LogP contribution in [-0.2, 0) is 35.7 Å². The van der Waals surface area contributed by atoms with Crippen LogP contribution in [-0.4, -0.2) is 84.0 Å². The number of hydrogen-bond acceptors (Lipinski definition) is 15. The first-order valence-corrected chi connectivity index (χ1v) is 21.0. The third-order valence-electron chi connectivity index (χ3n) is 9.35. The number of nitro groups is 1. The second kappa shape index (κ2) is 19.6. The van der Waals surface area contributed by atoms with E-state index in [9.17, 15) is 47.8 Å². The molecule has 4 aromatic rings. The van der Waals surface area contributed by atoms with E-state index >= 15 is 0 Å². The van der Waals surface area contributed by atoms with Gasteiger partial charge in [-0.3, -0.25) is 44.1 Å². The number of fused-ring (bicyclic) bond motifs is 1. The van der Waals surface area contributed by atoms with Crippen LogP contribution in [0.4, 0.5) is 22.2 Å². The van der Waals surface area contributed by atoms with Crippen LogP contribution in [0.15, 0.2) is 71.3 Å². The average molecular weight is 881 g/mol. The standard InChI is InChI=1S/C40H36N10O10S2/c1-60-39-36(48-62(58,59)28-13-10-25(11-14-28)45-37(53)24(21-41)20-27-12-17-35(61-27)50(56)57)44-22-26(46-39)6-5-19-43-33(51)9-2-3-18-42-31-8-4-7-29-30(31)23-49(40(29)55)32-15-16-34(52)47-38(32)54/h4,7-8,10-14,17,20,22,32,42H,2-3,9,15-16,18-19,23H2,1H3,(H,43,51)(H,44,48)(H,45,53)(H,47,52,54)/b24-20+. The van der Waals surface area contributed by atoms with Crippen molar-refractivity contribution < 1.29 is 42.1 Å². The van der Waals surface area contributed by atoms with Gasteiger partial charge in [0.05, 0.1) is 29.7 Å². The summed E-state index contributed by atoms with van der Waals surface area (Å²) in [4.78, 5) is 82.3. The van der Waals surface area contributed by atoms with Crippen LogP contribution in [0.1, 0.15) is 58.6 Å². The fourth-order valence-electron chi connectivity index (χ4n) is 6.31. The van der Waals surface area contributed by atoms with Gasteiger partial charge in [0.15, 0.2) is 0 Å². The zero-order valence-corrected chi connectivity index (χ0v) is 34.4. The number of piperidine rings is 1. The molecular formula is C40H36N10O10S2. The molecule has 4 heterocycles. The Kier molecular flexibility index (Phi) is 13.9. The van der Waals surface area contributed by atoms with Crippen molar-refractivity contribution in [3.63, 3.8) is 0 Å². The van der Waals surface area contributed by atoms with Gasteiger partial charge < -0.3 is 25.6 Å². The molecule has 1 fully saturated rings. The van der Waals surface area contributed by atoms with Gasteiger partial charge in [-0.15, -0.1) is 0 Å². The van der Waals surface area contributed by atoms with Crippen molar-refractivity contribution in [3.8, 4) is 23.8 Å². The third-order valence-corrected chi connectivity index (χ3v) is 11.7. The molecule has 0 radical (unpaired) electrons. The van der Waals surface area contributed by atoms with Gasteiger partial charge >= 0.3 is 5.00 Å². The van der Waals surface area contributed by atoms with E-state index in [4.69, 9.17) is 4.74 Å². The lowest BCUT2D eigenvalue weighted by atomic mass is 10.0. The van der Waals surface area contributed by atoms with Crippen molar-refractivity contribution in [2.45, 2.75) is 49.6 Å². The monoisotopic (exact) mass is 880 g/mol. The van der Waals surface area contributed by atoms with Crippen LogP contribution in [0.2, 0.25) is 0 Å². The Balaban J connectivity index is 0.934. The fraction of sp³-hybridized carbons (Fsp3) is 0.250. The molecule has 20 nitrogen and oxygen atoms in total. The number of imide groups is 1. The minimum Gasteiger partial charge on any atom is -0.478 e. The Hall–Kier alpha value is -7.69. The molecular weight excluding hydrogens is 845 g/mol. The third kappa shape index (κ3) is 10.7. The molecule has 2 aliphatic rings. The van der Waals surface area contributed by atoms with Gasteiger partial charge in [0, 0.05) is 59.4 Å². The summed E-state index contributed by atoms with van der Waals surface area (Å²) in [6, 6.07) is 14.1. The van der Waals surface area contributed by atoms with Crippen LogP contribution in [0, 0.1) is 33.3 Å². The highest BCUT2D eigenvalue weighted by Gasteiger charge is 2.39. The van der Waals surface area contributed by atoms with E-state index in [1.54, 1.807) is 18.2 Å². The van der Waals surface area contributed by atoms with Crippen LogP contribution >= 0.6 is 11.3 Å². The molecule has 2 aromatic carbocycles. The van der Waals surface area contributed by atoms with Crippen molar-refractivity contribution in [1.82, 2.24) is 25.5 Å². The Morgan fingerprint density at radius 3 is 2.63 bits per heavy atom. The molecule has 1 saturated heterocycles. The quantitative estimate of drug-likeness (QED) is 0.0205. The van der Waals surface area contributed by atoms with E-state index in [1.807, 2.05) is 6.07 Å². The number of thiophene rings is 1. The summed E-state index contributed by atoms with van der Waals surface area (Å²) in [5.41, 5.74) is 2.05. The molecule has 5 N–H and O–H groups in total. The highest BCUT2D eigenvalue weighted by atomic mass is 32.2. The van der Waals surface area contributed by atoms with Crippen molar-refractivity contribution in [2.75, 3.05) is 35.6 Å². The molecule has 2 aliphatic heterocycles. The van der Waals surface area contributed by atoms with Gasteiger partial charge in [0.1, 0.15) is 23.4 Å². The van der Waals surface area contributed by atoms with Crippen LogP contribution in [0.5, 0.6) is 5.88 Å². The number of sulfonamides is 1. The Morgan fingerprint density at radius 1 is 1.13 bits per heavy atom. The molecule has 62 heavy (non-hydrogen) atoms. The van der Waals surface area contributed by atoms with E-state index in [0.717, 1.165) is 22.6 Å². The van der Waals surface area contributed by atoms with Crippen LogP contribution in [0.3, 0.4) is 0 Å². The Labute approximate surface area is 358 Å². The van der Waals surface area contributed by atoms with Crippen molar-refractivity contribution in [2.24, 2.45) is 0 Å². The number of carbonyl (C=O) groups excluding carboxylic acids is 5. The van der Waals surface area contributed by atoms with Gasteiger partial charge in [0.2, 0.25) is 23.5 Å². The Morgan fingerprint density at radius 2 is 1.92 bits per heavy atom. The molecule has 0 bridgehead atoms. The first kappa shape index (κ1) is 43.9. The van der Waals surface area contributed by atoms with Gasteiger partial charge in [-0.1, -0.05) is 23.3 Å². The lowest BCUT2D eigenvalue weighted by Gasteiger charge is -2.29. The summed E-state index contributed by atoms with van der Waals surface area (Å²) in [6.07, 6.45) is 4.34. The summed E-state index contributed by atoms with van der Waals surface area (Å²) >= 11 is 0.792. The van der Waals surface area contributed by atoms with Crippen LogP contribution in [0.25, 0.3) is 6.08 Å². The maximum absolute atomic E-state index is 13.2. The van der Waals surface area contributed by atoms with E-state index in [1.165, 1.54) is 60.7 Å². The topological polar surface area (TPSA) is 285 Å². The maximum atomic E-state index is 13.2. The number of ether oxygens (including phenoxy) is 1. The number of methoxy groups -OCH3 is 1. The number of unbranched alkanes of at least 4 members (excludes halogenated alkanes) is 1. The molecule has 1 unspecified atom stereocenters. The number of carbonyl (C=O) groups is 5. The highest BCUT2D eigenvalue weighted by molar-refractivity contribution is 7.92. The minimum absolute atomic E-state index is 0.00724. The van der Waals surface area contributed by atoms with Gasteiger partial charge in [0.25, 0.3) is 27.7 Å². The molecule has 1 atom stereocenters. The number of nitrogens with zero attached hydrogens (tertiary/aromatic N) is 5. The first-order chi connectivity index (χ1) is 29.8. The maximum Gasteiger partial charge on any atom is 0.324 e. The van der Waals surface area contributed by atoms with Crippen molar-refractivity contribution in [1.29, 1.82) is 5.26 Å². The summed E-state index contributed by atoms with van der Waals surface area (Å²) in [5.74, 6) is 3.01. The first-order valence-electron chi connectivity index (χ1n) is 18.7. The van der Waals surface area contributed by atoms with Gasteiger partial charge in [-0.2, -0.15) is 10.2 Å². The molecule has 0 spiro atoms. The number of amides is 5. The molecule has 0 saturated carbocycles. The average Bonchev–Trinajstić information content (AvgIpc) is 3.86. The number of benzene rings is 2. The number of anilines is 3. The lowest BCUT2D eigenvalue weighted by molar-refractivity contribution is -0.380. The molecule has 0 aliphatic carbocycles. The van der Waals surface area contributed by atoms with Gasteiger partial charge in [-0.05, 0) is 73.7 Å². The largest absolute Gasteiger partial charge is 0.478 e. The SMILES string of the molecule is COc1nc(C#CCNC(=O)CCCCNc2cccc3c2CN(C2CCC(=O)NC2=O)C3=O)cnc1NS(=O)(=O)c1ccc(NC(=O)/C(C#N)=C/c2ccc([N+](=O)[O-])s2)cc1. The van der Waals surface area contributed by atoms with Gasteiger partial charge in [-0.25, -0.2) is 13.4 Å². The van der Waals surface area contributed by atoms with Crippen molar-refractivity contribution in [3.05, 3.63) is 98.2 Å². The highest BCUT2D eigenvalue weighted by Crippen LogP contribution is 2.32. The zero-order chi connectivity index (χ0) is 44.4. The Bertz CT molecular complexity index is 2700.